The van der Waals surface area contributed by atoms with Crippen LogP contribution >= 0.6 is 0 Å². The molecular formula is C26H23F2N3O4. The van der Waals surface area contributed by atoms with E-state index in [4.69, 9.17) is 4.74 Å². The molecule has 0 radical (unpaired) electrons. The lowest BCUT2D eigenvalue weighted by Gasteiger charge is -2.23. The molecule has 0 spiro atoms. The van der Waals surface area contributed by atoms with Crippen molar-refractivity contribution in [2.75, 3.05) is 13.7 Å². The number of nitrogens with one attached hydrogen (secondary N) is 2. The van der Waals surface area contributed by atoms with Crippen molar-refractivity contribution in [1.82, 2.24) is 15.5 Å². The molecule has 180 valence electrons. The average molecular weight is 479 g/mol. The van der Waals surface area contributed by atoms with Crippen LogP contribution in [-0.4, -0.2) is 36.4 Å². The Morgan fingerprint density at radius 3 is 2.34 bits per heavy atom. The van der Waals surface area contributed by atoms with Crippen LogP contribution in [0.3, 0.4) is 0 Å². The summed E-state index contributed by atoms with van der Waals surface area (Å²) in [5.74, 6) is -2.43. The summed E-state index contributed by atoms with van der Waals surface area (Å²) in [7, 11) is 1.55. The van der Waals surface area contributed by atoms with E-state index in [0.717, 1.165) is 29.3 Å². The Kier molecular flexibility index (Phi) is 6.50. The topological polar surface area (TPSA) is 87.7 Å². The molecule has 2 N–H and O–H groups in total. The Morgan fingerprint density at radius 1 is 1.03 bits per heavy atom. The fraction of sp³-hybridized carbons (Fsp3) is 0.192. The molecule has 1 heterocycles. The minimum atomic E-state index is -1.85. The van der Waals surface area contributed by atoms with E-state index >= 15 is 0 Å². The molecule has 1 aliphatic rings. The van der Waals surface area contributed by atoms with Crippen LogP contribution in [-0.2, 0) is 15.1 Å². The minimum absolute atomic E-state index is 0.320. The summed E-state index contributed by atoms with van der Waals surface area (Å²) < 4.78 is 33.3. The highest BCUT2D eigenvalue weighted by Crippen LogP contribution is 2.31. The summed E-state index contributed by atoms with van der Waals surface area (Å²) in [4.78, 5) is 39.4. The van der Waals surface area contributed by atoms with Crippen LogP contribution in [0.1, 0.15) is 29.7 Å². The van der Waals surface area contributed by atoms with E-state index in [1.807, 2.05) is 30.3 Å². The Balaban J connectivity index is 1.56. The van der Waals surface area contributed by atoms with Gasteiger partial charge in [0.15, 0.2) is 0 Å². The lowest BCUT2D eigenvalue weighted by atomic mass is 9.91. The largest absolute Gasteiger partial charge is 0.497 e. The summed E-state index contributed by atoms with van der Waals surface area (Å²) in [6, 6.07) is 17.5. The second kappa shape index (κ2) is 9.54. The van der Waals surface area contributed by atoms with Gasteiger partial charge in [-0.15, -0.1) is 0 Å². The lowest BCUT2D eigenvalue weighted by molar-refractivity contribution is -0.135. The maximum absolute atomic E-state index is 14.4. The maximum atomic E-state index is 14.4. The number of hydrogen-bond acceptors (Lipinski definition) is 4. The molecule has 9 heteroatoms. The zero-order valence-electron chi connectivity index (χ0n) is 19.0. The number of halogens is 2. The molecule has 1 aliphatic heterocycles. The van der Waals surface area contributed by atoms with E-state index in [-0.39, 0.29) is 5.56 Å². The van der Waals surface area contributed by atoms with Crippen molar-refractivity contribution in [3.05, 3.63) is 101 Å². The number of benzene rings is 3. The van der Waals surface area contributed by atoms with Crippen LogP contribution in [0.25, 0.3) is 0 Å². The zero-order chi connectivity index (χ0) is 25.2. The molecule has 0 unspecified atom stereocenters. The summed E-state index contributed by atoms with van der Waals surface area (Å²) in [5, 5.41) is 5.24. The number of imide groups is 1. The Labute approximate surface area is 200 Å². The fourth-order valence-electron chi connectivity index (χ4n) is 4.05. The molecule has 1 fully saturated rings. The molecule has 4 rings (SSSR count). The predicted molar refractivity (Wildman–Crippen MR) is 123 cm³/mol. The monoisotopic (exact) mass is 479 g/mol. The van der Waals surface area contributed by atoms with Gasteiger partial charge in [0.05, 0.1) is 13.2 Å². The van der Waals surface area contributed by atoms with E-state index < -0.39 is 47.6 Å². The van der Waals surface area contributed by atoms with Crippen LogP contribution < -0.4 is 15.4 Å². The number of urea groups is 1. The first kappa shape index (κ1) is 23.9. The molecule has 3 aromatic carbocycles. The molecule has 35 heavy (non-hydrogen) atoms. The third-order valence-electron chi connectivity index (χ3n) is 5.93. The number of carbonyl (C=O) groups excluding carboxylic acids is 3. The number of rotatable bonds is 7. The highest BCUT2D eigenvalue weighted by molar-refractivity contribution is 6.09. The van der Waals surface area contributed by atoms with Gasteiger partial charge in [-0.05, 0) is 48.4 Å². The van der Waals surface area contributed by atoms with Crippen LogP contribution in [0.15, 0.2) is 72.8 Å². The number of hydrogen-bond donors (Lipinski definition) is 2. The van der Waals surface area contributed by atoms with Gasteiger partial charge in [0.2, 0.25) is 5.91 Å². The van der Waals surface area contributed by atoms with Gasteiger partial charge in [0, 0.05) is 5.56 Å². The Hall–Kier alpha value is -4.27. The highest BCUT2D eigenvalue weighted by atomic mass is 19.1. The number of amides is 4. The van der Waals surface area contributed by atoms with Crippen molar-refractivity contribution in [3.63, 3.8) is 0 Å². The summed E-state index contributed by atoms with van der Waals surface area (Å²) in [5.41, 5.74) is -0.624. The normalized spacial score (nSPS) is 18.2. The smallest absolute Gasteiger partial charge is 0.325 e. The van der Waals surface area contributed by atoms with Gasteiger partial charge < -0.3 is 15.4 Å². The van der Waals surface area contributed by atoms with Crippen LogP contribution in [0.2, 0.25) is 0 Å². The van der Waals surface area contributed by atoms with E-state index in [9.17, 15) is 23.2 Å². The van der Waals surface area contributed by atoms with Crippen molar-refractivity contribution >= 4 is 17.8 Å². The van der Waals surface area contributed by atoms with Crippen LogP contribution in [0.4, 0.5) is 13.6 Å². The highest BCUT2D eigenvalue weighted by Gasteiger charge is 2.51. The summed E-state index contributed by atoms with van der Waals surface area (Å²) >= 11 is 0. The third kappa shape index (κ3) is 4.70. The predicted octanol–water partition coefficient (Wildman–Crippen LogP) is 3.65. The van der Waals surface area contributed by atoms with Crippen LogP contribution in [0, 0.1) is 11.6 Å². The van der Waals surface area contributed by atoms with Gasteiger partial charge in [-0.25, -0.2) is 13.6 Å². The van der Waals surface area contributed by atoms with Gasteiger partial charge in [-0.3, -0.25) is 14.5 Å². The molecule has 0 bridgehead atoms. The van der Waals surface area contributed by atoms with Gasteiger partial charge >= 0.3 is 6.03 Å². The van der Waals surface area contributed by atoms with Crippen molar-refractivity contribution in [1.29, 1.82) is 0 Å². The molecule has 0 aliphatic carbocycles. The molecule has 0 saturated carbocycles. The van der Waals surface area contributed by atoms with Crippen molar-refractivity contribution in [3.8, 4) is 5.75 Å². The molecule has 0 aromatic heterocycles. The van der Waals surface area contributed by atoms with Gasteiger partial charge in [0.1, 0.15) is 29.5 Å². The Bertz CT molecular complexity index is 1270. The van der Waals surface area contributed by atoms with Gasteiger partial charge in [-0.1, -0.05) is 42.5 Å². The standard InChI is InChI=1S/C26H23F2N3O4/c1-26(20-14-18(27)10-13-21(20)28)24(33)31(25(34)30-26)15-22(32)29-23(16-6-4-3-5-7-16)17-8-11-19(35-2)12-9-17/h3-14,23H,15H2,1-2H3,(H,29,32)(H,30,34)/t23-,26-/m0/s1. The number of methoxy groups -OCH3 is 1. The van der Waals surface area contributed by atoms with Crippen molar-refractivity contribution in [2.24, 2.45) is 0 Å². The molecule has 4 amide bonds. The minimum Gasteiger partial charge on any atom is -0.497 e. The summed E-state index contributed by atoms with van der Waals surface area (Å²) in [6.07, 6.45) is 0. The van der Waals surface area contributed by atoms with Crippen molar-refractivity contribution in [2.45, 2.75) is 18.5 Å². The fourth-order valence-corrected chi connectivity index (χ4v) is 4.05. The first-order chi connectivity index (χ1) is 16.7. The second-order valence-electron chi connectivity index (χ2n) is 8.25. The number of carbonyl (C=O) groups is 3. The van der Waals surface area contributed by atoms with E-state index in [0.29, 0.717) is 10.6 Å². The maximum Gasteiger partial charge on any atom is 0.325 e. The van der Waals surface area contributed by atoms with Gasteiger partial charge in [-0.2, -0.15) is 0 Å². The van der Waals surface area contributed by atoms with Crippen molar-refractivity contribution < 1.29 is 27.9 Å². The van der Waals surface area contributed by atoms with E-state index in [1.165, 1.54) is 6.92 Å². The van der Waals surface area contributed by atoms with E-state index in [2.05, 4.69) is 10.6 Å². The zero-order valence-corrected chi connectivity index (χ0v) is 19.0. The molecule has 7 nitrogen and oxygen atoms in total. The molecule has 1 saturated heterocycles. The molecule has 3 aromatic rings. The average Bonchev–Trinajstić information content (AvgIpc) is 3.08. The first-order valence-electron chi connectivity index (χ1n) is 10.8. The van der Waals surface area contributed by atoms with E-state index in [1.54, 1.807) is 31.4 Å². The number of nitrogens with zero attached hydrogens (tertiary/aromatic N) is 1. The first-order valence-corrected chi connectivity index (χ1v) is 10.8. The Morgan fingerprint density at radius 2 is 1.69 bits per heavy atom. The quantitative estimate of drug-likeness (QED) is 0.507. The third-order valence-corrected chi connectivity index (χ3v) is 5.93. The molecule has 2 atom stereocenters. The second-order valence-corrected chi connectivity index (χ2v) is 8.25. The molecular weight excluding hydrogens is 456 g/mol. The lowest BCUT2D eigenvalue weighted by Crippen LogP contribution is -2.44. The van der Waals surface area contributed by atoms with Gasteiger partial charge in [0.25, 0.3) is 5.91 Å². The summed E-state index contributed by atoms with van der Waals surface area (Å²) in [6.45, 7) is 0.670. The van der Waals surface area contributed by atoms with Crippen LogP contribution in [0.5, 0.6) is 5.75 Å². The number of ether oxygens (including phenoxy) is 1. The SMILES string of the molecule is COc1ccc([C@@H](NC(=O)CN2C(=O)N[C@@](C)(c3cc(F)ccc3F)C2=O)c2ccccc2)cc1.